The molecule has 0 aliphatic heterocycles. The zero-order valence-corrected chi connectivity index (χ0v) is 18.8. The maximum absolute atomic E-state index is 13.1. The summed E-state index contributed by atoms with van der Waals surface area (Å²) in [6, 6.07) is 18.4. The van der Waals surface area contributed by atoms with E-state index in [0.29, 0.717) is 22.7 Å². The molecule has 160 valence electrons. The number of carbonyl (C=O) groups excluding carboxylic acids is 2. The Bertz CT molecular complexity index is 1370. The minimum absolute atomic E-state index is 0.221. The van der Waals surface area contributed by atoms with Crippen molar-refractivity contribution in [1.29, 1.82) is 0 Å². The lowest BCUT2D eigenvalue weighted by molar-refractivity contribution is -0.116. The fourth-order valence-electron chi connectivity index (χ4n) is 3.54. The molecule has 0 fully saturated rings. The van der Waals surface area contributed by atoms with Gasteiger partial charge in [-0.1, -0.05) is 60.1 Å². The minimum atomic E-state index is -0.290. The van der Waals surface area contributed by atoms with E-state index in [-0.39, 0.29) is 22.5 Å². The summed E-state index contributed by atoms with van der Waals surface area (Å²) in [7, 11) is 0. The standard InChI is InChI=1S/C26H19Cl2NO3/c1-3-24(30)29-14-16-5-4-6-17(11-16)18-7-9-20-15(2)26(32-23(20)12-18)25(31)21-10-8-19(27)13-22(21)28/h3-13H,1,14H2,2H3,(H,29,30). The predicted octanol–water partition coefficient (Wildman–Crippen LogP) is 6.75. The van der Waals surface area contributed by atoms with Crippen molar-refractivity contribution in [2.75, 3.05) is 0 Å². The molecule has 1 amide bonds. The zero-order chi connectivity index (χ0) is 22.8. The highest BCUT2D eigenvalue weighted by molar-refractivity contribution is 6.37. The third-order valence-corrected chi connectivity index (χ3v) is 5.78. The molecule has 32 heavy (non-hydrogen) atoms. The Morgan fingerprint density at radius 3 is 2.56 bits per heavy atom. The molecule has 4 aromatic rings. The second-order valence-corrected chi connectivity index (χ2v) is 8.19. The molecule has 0 unspecified atom stereocenters. The van der Waals surface area contributed by atoms with Crippen molar-refractivity contribution >= 4 is 45.9 Å². The third-order valence-electron chi connectivity index (χ3n) is 5.23. The van der Waals surface area contributed by atoms with Gasteiger partial charge in [-0.3, -0.25) is 9.59 Å². The van der Waals surface area contributed by atoms with Gasteiger partial charge < -0.3 is 9.73 Å². The molecule has 1 N–H and O–H groups in total. The molecule has 3 aromatic carbocycles. The van der Waals surface area contributed by atoms with E-state index in [9.17, 15) is 9.59 Å². The van der Waals surface area contributed by atoms with Crippen molar-refractivity contribution in [3.05, 3.63) is 106 Å². The van der Waals surface area contributed by atoms with E-state index in [4.69, 9.17) is 27.6 Å². The molecule has 0 radical (unpaired) electrons. The number of benzene rings is 3. The summed E-state index contributed by atoms with van der Waals surface area (Å²) in [6.45, 7) is 5.71. The maximum atomic E-state index is 13.1. The SMILES string of the molecule is C=CC(=O)NCc1cccc(-c2ccc3c(C)c(C(=O)c4ccc(Cl)cc4Cl)oc3c2)c1. The molecule has 0 atom stereocenters. The number of rotatable bonds is 6. The van der Waals surface area contributed by atoms with Crippen molar-refractivity contribution in [1.82, 2.24) is 5.32 Å². The highest BCUT2D eigenvalue weighted by Gasteiger charge is 2.21. The van der Waals surface area contributed by atoms with Crippen LogP contribution in [0.15, 0.2) is 77.7 Å². The number of ketones is 1. The van der Waals surface area contributed by atoms with Crippen LogP contribution in [0.4, 0.5) is 0 Å². The van der Waals surface area contributed by atoms with Gasteiger partial charge in [0.25, 0.3) is 0 Å². The summed E-state index contributed by atoms with van der Waals surface area (Å²) in [6.07, 6.45) is 1.24. The highest BCUT2D eigenvalue weighted by Crippen LogP contribution is 2.33. The van der Waals surface area contributed by atoms with Crippen LogP contribution in [0.5, 0.6) is 0 Å². The third kappa shape index (κ3) is 4.33. The van der Waals surface area contributed by atoms with E-state index in [1.54, 1.807) is 12.1 Å². The minimum Gasteiger partial charge on any atom is -0.452 e. The highest BCUT2D eigenvalue weighted by atomic mass is 35.5. The molecule has 6 heteroatoms. The van der Waals surface area contributed by atoms with Gasteiger partial charge in [0, 0.05) is 28.1 Å². The number of nitrogens with one attached hydrogen (secondary N) is 1. The van der Waals surface area contributed by atoms with Crippen molar-refractivity contribution < 1.29 is 14.0 Å². The van der Waals surface area contributed by atoms with Gasteiger partial charge >= 0.3 is 0 Å². The molecule has 4 nitrogen and oxygen atoms in total. The van der Waals surface area contributed by atoms with Gasteiger partial charge in [-0.2, -0.15) is 0 Å². The van der Waals surface area contributed by atoms with Crippen LogP contribution < -0.4 is 5.32 Å². The number of halogens is 2. The van der Waals surface area contributed by atoms with E-state index in [1.807, 2.05) is 49.4 Å². The average molecular weight is 464 g/mol. The zero-order valence-electron chi connectivity index (χ0n) is 17.2. The van der Waals surface area contributed by atoms with Crippen LogP contribution in [0.3, 0.4) is 0 Å². The molecule has 4 rings (SSSR count). The number of hydrogen-bond donors (Lipinski definition) is 1. The van der Waals surface area contributed by atoms with E-state index in [1.165, 1.54) is 12.1 Å². The lowest BCUT2D eigenvalue weighted by atomic mass is 10.0. The largest absolute Gasteiger partial charge is 0.452 e. The lowest BCUT2D eigenvalue weighted by Gasteiger charge is -2.06. The number of aryl methyl sites for hydroxylation is 1. The molecule has 0 saturated carbocycles. The second-order valence-electron chi connectivity index (χ2n) is 7.34. The number of furan rings is 1. The summed E-state index contributed by atoms with van der Waals surface area (Å²) in [4.78, 5) is 24.5. The summed E-state index contributed by atoms with van der Waals surface area (Å²) in [5.74, 6) is -0.259. The topological polar surface area (TPSA) is 59.3 Å². The predicted molar refractivity (Wildman–Crippen MR) is 128 cm³/mol. The Morgan fingerprint density at radius 1 is 1.03 bits per heavy atom. The normalized spacial score (nSPS) is 10.8. The van der Waals surface area contributed by atoms with Crippen molar-refractivity contribution in [3.63, 3.8) is 0 Å². The van der Waals surface area contributed by atoms with Crippen LogP contribution in [0.2, 0.25) is 10.0 Å². The molecule has 1 heterocycles. The molecule has 0 aliphatic rings. The lowest BCUT2D eigenvalue weighted by Crippen LogP contribution is -2.19. The molecular weight excluding hydrogens is 445 g/mol. The van der Waals surface area contributed by atoms with E-state index in [0.717, 1.165) is 27.6 Å². The van der Waals surface area contributed by atoms with Crippen molar-refractivity contribution in [2.24, 2.45) is 0 Å². The Morgan fingerprint density at radius 2 is 1.81 bits per heavy atom. The number of carbonyl (C=O) groups is 2. The molecule has 0 aliphatic carbocycles. The molecule has 0 spiro atoms. The van der Waals surface area contributed by atoms with Gasteiger partial charge in [0.1, 0.15) is 5.58 Å². The van der Waals surface area contributed by atoms with Gasteiger partial charge in [0.2, 0.25) is 11.7 Å². The van der Waals surface area contributed by atoms with E-state index >= 15 is 0 Å². The number of hydrogen-bond acceptors (Lipinski definition) is 3. The molecule has 1 aromatic heterocycles. The summed E-state index contributed by atoms with van der Waals surface area (Å²) >= 11 is 12.2. The van der Waals surface area contributed by atoms with Crippen molar-refractivity contribution in [3.8, 4) is 11.1 Å². The van der Waals surface area contributed by atoms with Crippen LogP contribution >= 0.6 is 23.2 Å². The Balaban J connectivity index is 1.68. The smallest absolute Gasteiger partial charge is 0.243 e. The van der Waals surface area contributed by atoms with Gasteiger partial charge in [-0.25, -0.2) is 0 Å². The first-order valence-corrected chi connectivity index (χ1v) is 10.7. The molecule has 0 saturated heterocycles. The van der Waals surface area contributed by atoms with Crippen LogP contribution in [0.25, 0.3) is 22.1 Å². The fourth-order valence-corrected chi connectivity index (χ4v) is 4.03. The van der Waals surface area contributed by atoms with Crippen LogP contribution in [0.1, 0.15) is 27.2 Å². The van der Waals surface area contributed by atoms with Gasteiger partial charge in [0.05, 0.1) is 5.02 Å². The van der Waals surface area contributed by atoms with Gasteiger partial charge in [0.15, 0.2) is 5.76 Å². The molecular formula is C26H19Cl2NO3. The van der Waals surface area contributed by atoms with Crippen molar-refractivity contribution in [2.45, 2.75) is 13.5 Å². The van der Waals surface area contributed by atoms with Gasteiger partial charge in [-0.05, 0) is 60.0 Å². The van der Waals surface area contributed by atoms with Crippen LogP contribution in [0, 0.1) is 6.92 Å². The first-order valence-electron chi connectivity index (χ1n) is 9.90. The van der Waals surface area contributed by atoms with E-state index in [2.05, 4.69) is 11.9 Å². The number of amides is 1. The average Bonchev–Trinajstić information content (AvgIpc) is 3.13. The van der Waals surface area contributed by atoms with Crippen LogP contribution in [-0.4, -0.2) is 11.7 Å². The first-order chi connectivity index (χ1) is 15.4. The summed E-state index contributed by atoms with van der Waals surface area (Å²) < 4.78 is 5.98. The quantitative estimate of drug-likeness (QED) is 0.254. The van der Waals surface area contributed by atoms with Crippen LogP contribution in [-0.2, 0) is 11.3 Å². The van der Waals surface area contributed by atoms with E-state index < -0.39 is 0 Å². The Labute approximate surface area is 195 Å². The maximum Gasteiger partial charge on any atom is 0.243 e. The Hall–Kier alpha value is -3.34. The second kappa shape index (κ2) is 9.03. The number of fused-ring (bicyclic) bond motifs is 1. The fraction of sp³-hybridized carbons (Fsp3) is 0.0769. The summed E-state index contributed by atoms with van der Waals surface area (Å²) in [5, 5.41) is 4.37. The monoisotopic (exact) mass is 463 g/mol. The Kier molecular flexibility index (Phi) is 6.17. The first kappa shape index (κ1) is 21.9. The molecule has 0 bridgehead atoms. The van der Waals surface area contributed by atoms with Gasteiger partial charge in [-0.15, -0.1) is 0 Å². The summed E-state index contributed by atoms with van der Waals surface area (Å²) in [5.41, 5.74) is 4.57.